The van der Waals surface area contributed by atoms with E-state index in [-0.39, 0.29) is 6.23 Å². The second-order valence-corrected chi connectivity index (χ2v) is 2.80. The van der Waals surface area contributed by atoms with Gasteiger partial charge in [0.1, 0.15) is 0 Å². The van der Waals surface area contributed by atoms with Gasteiger partial charge in [-0.1, -0.05) is 0 Å². The molecule has 0 radical (unpaired) electrons. The molecule has 4 heteroatoms. The lowest BCUT2D eigenvalue weighted by atomic mass is 10.5. The average Bonchev–Trinajstić information content (AvgIpc) is 2.62. The lowest BCUT2D eigenvalue weighted by molar-refractivity contribution is -0.137. The zero-order chi connectivity index (χ0) is 9.26. The van der Waals surface area contributed by atoms with E-state index >= 15 is 0 Å². The van der Waals surface area contributed by atoms with Crippen LogP contribution in [-0.4, -0.2) is 15.7 Å². The Labute approximate surface area is 75.3 Å². The molecule has 0 N–H and O–H groups in total. The van der Waals surface area contributed by atoms with Gasteiger partial charge in [-0.25, -0.2) is 4.68 Å². The molecule has 1 atom stereocenters. The van der Waals surface area contributed by atoms with Gasteiger partial charge in [0.25, 0.3) is 6.47 Å². The first-order valence-electron chi connectivity index (χ1n) is 4.06. The molecule has 0 aliphatic carbocycles. The molecule has 2 aromatic heterocycles. The molecule has 0 aliphatic heterocycles. The fraction of sp³-hybridized carbons (Fsp3) is 0.222. The van der Waals surface area contributed by atoms with Gasteiger partial charge in [0.05, 0.1) is 5.52 Å². The average molecular weight is 178 g/mol. The van der Waals surface area contributed by atoms with Crippen LogP contribution < -0.4 is 0 Å². The smallest absolute Gasteiger partial charge is 0.295 e. The first-order valence-corrected chi connectivity index (χ1v) is 4.06. The summed E-state index contributed by atoms with van der Waals surface area (Å²) < 4.78 is 8.59. The molecule has 0 aliphatic rings. The third-order valence-corrected chi connectivity index (χ3v) is 2.03. The Morgan fingerprint density at radius 2 is 2.31 bits per heavy atom. The number of ether oxygens (including phenoxy) is 1. The third kappa shape index (κ3) is 1.20. The van der Waals surface area contributed by atoms with Crippen molar-refractivity contribution in [2.75, 3.05) is 0 Å². The van der Waals surface area contributed by atoms with E-state index in [1.807, 2.05) is 46.7 Å². The van der Waals surface area contributed by atoms with Crippen LogP contribution in [0.1, 0.15) is 13.2 Å². The molecule has 4 nitrogen and oxygen atoms in total. The normalized spacial score (nSPS) is 13.0. The summed E-state index contributed by atoms with van der Waals surface area (Å²) in [6.45, 7) is 2.27. The number of fused-ring (bicyclic) bond motifs is 1. The van der Waals surface area contributed by atoms with Crippen LogP contribution >= 0.6 is 0 Å². The predicted octanol–water partition coefficient (Wildman–Crippen LogP) is 1.43. The summed E-state index contributed by atoms with van der Waals surface area (Å²) in [5, 5.41) is 0. The molecule has 0 saturated heterocycles. The van der Waals surface area contributed by atoms with Crippen LogP contribution in [0.15, 0.2) is 30.6 Å². The zero-order valence-corrected chi connectivity index (χ0v) is 7.25. The molecular weight excluding hydrogens is 168 g/mol. The molecule has 0 saturated carbocycles. The molecule has 2 heterocycles. The van der Waals surface area contributed by atoms with Crippen molar-refractivity contribution in [1.29, 1.82) is 0 Å². The van der Waals surface area contributed by atoms with Crippen LogP contribution in [0.5, 0.6) is 0 Å². The molecule has 0 fully saturated rings. The first kappa shape index (κ1) is 7.91. The highest BCUT2D eigenvalue weighted by Gasteiger charge is 2.06. The summed E-state index contributed by atoms with van der Waals surface area (Å²) in [5.41, 5.74) is 1.08. The highest BCUT2D eigenvalue weighted by molar-refractivity contribution is 5.46. The zero-order valence-electron chi connectivity index (χ0n) is 7.25. The maximum atomic E-state index is 10.1. The van der Waals surface area contributed by atoms with E-state index in [1.165, 1.54) is 0 Å². The molecular formula is C9H10N2O2. The molecule has 0 amide bonds. The molecule has 2 aromatic rings. The number of carbonyl (C=O) groups is 1. The lowest BCUT2D eigenvalue weighted by Gasteiger charge is -2.12. The molecule has 0 aromatic carbocycles. The van der Waals surface area contributed by atoms with E-state index in [2.05, 4.69) is 0 Å². The Kier molecular flexibility index (Phi) is 1.81. The summed E-state index contributed by atoms with van der Waals surface area (Å²) in [7, 11) is 0. The first-order chi connectivity index (χ1) is 6.33. The van der Waals surface area contributed by atoms with Gasteiger partial charge in [0.15, 0.2) is 6.23 Å². The van der Waals surface area contributed by atoms with Crippen LogP contribution in [-0.2, 0) is 9.53 Å². The summed E-state index contributed by atoms with van der Waals surface area (Å²) >= 11 is 0. The van der Waals surface area contributed by atoms with Gasteiger partial charge < -0.3 is 4.74 Å². The van der Waals surface area contributed by atoms with Gasteiger partial charge in [-0.2, -0.15) is 0 Å². The maximum absolute atomic E-state index is 10.1. The number of hydrogen-bond donors (Lipinski definition) is 0. The van der Waals surface area contributed by atoms with E-state index in [0.29, 0.717) is 6.47 Å². The Balaban J connectivity index is 2.42. The van der Waals surface area contributed by atoms with Crippen molar-refractivity contribution in [1.82, 2.24) is 9.20 Å². The topological polar surface area (TPSA) is 35.6 Å². The minimum atomic E-state index is -0.276. The van der Waals surface area contributed by atoms with Gasteiger partial charge >= 0.3 is 0 Å². The van der Waals surface area contributed by atoms with Crippen molar-refractivity contribution >= 4 is 12.0 Å². The predicted molar refractivity (Wildman–Crippen MR) is 47.2 cm³/mol. The maximum Gasteiger partial charge on any atom is 0.295 e. The van der Waals surface area contributed by atoms with Crippen molar-refractivity contribution in [2.45, 2.75) is 13.2 Å². The Bertz CT molecular complexity index is 416. The summed E-state index contributed by atoms with van der Waals surface area (Å²) in [6, 6.07) is 5.90. The number of aromatic nitrogens is 2. The van der Waals surface area contributed by atoms with Gasteiger partial charge in [-0.05, 0) is 25.1 Å². The minimum absolute atomic E-state index is 0.276. The minimum Gasteiger partial charge on any atom is -0.442 e. The lowest BCUT2D eigenvalue weighted by Crippen LogP contribution is -2.11. The third-order valence-electron chi connectivity index (χ3n) is 2.03. The number of carbonyl (C=O) groups excluding carboxylic acids is 1. The van der Waals surface area contributed by atoms with Crippen molar-refractivity contribution in [3.8, 4) is 0 Å². The summed E-state index contributed by atoms with van der Waals surface area (Å²) in [5.74, 6) is 0. The Morgan fingerprint density at radius 1 is 1.46 bits per heavy atom. The number of nitrogens with zero attached hydrogens (tertiary/aromatic N) is 2. The van der Waals surface area contributed by atoms with Crippen LogP contribution in [0.3, 0.4) is 0 Å². The Morgan fingerprint density at radius 3 is 3.08 bits per heavy atom. The number of rotatable bonds is 3. The van der Waals surface area contributed by atoms with Gasteiger partial charge in [-0.3, -0.25) is 9.31 Å². The highest BCUT2D eigenvalue weighted by atomic mass is 16.5. The van der Waals surface area contributed by atoms with E-state index in [0.717, 1.165) is 5.52 Å². The van der Waals surface area contributed by atoms with Gasteiger partial charge in [-0.15, -0.1) is 0 Å². The molecule has 1 unspecified atom stereocenters. The second kappa shape index (κ2) is 2.97. The fourth-order valence-corrected chi connectivity index (χ4v) is 1.39. The molecule has 0 spiro atoms. The van der Waals surface area contributed by atoms with Crippen LogP contribution in [0.2, 0.25) is 0 Å². The van der Waals surface area contributed by atoms with E-state index < -0.39 is 0 Å². The van der Waals surface area contributed by atoms with E-state index in [4.69, 9.17) is 4.74 Å². The van der Waals surface area contributed by atoms with Crippen molar-refractivity contribution < 1.29 is 9.53 Å². The van der Waals surface area contributed by atoms with Gasteiger partial charge in [0.2, 0.25) is 0 Å². The molecule has 68 valence electrons. The van der Waals surface area contributed by atoms with Crippen LogP contribution in [0, 0.1) is 0 Å². The quantitative estimate of drug-likeness (QED) is 0.666. The van der Waals surface area contributed by atoms with E-state index in [9.17, 15) is 4.79 Å². The van der Waals surface area contributed by atoms with Gasteiger partial charge in [0, 0.05) is 12.4 Å². The standard InChI is InChI=1S/C9H10N2O2/c1-8(13-7-12)10-6-4-9-3-2-5-11(9)10/h2-8H,1H3. The summed E-state index contributed by atoms with van der Waals surface area (Å²) in [4.78, 5) is 10.1. The number of hydrogen-bond acceptors (Lipinski definition) is 2. The highest BCUT2D eigenvalue weighted by Crippen LogP contribution is 2.11. The van der Waals surface area contributed by atoms with E-state index in [1.54, 1.807) is 0 Å². The van der Waals surface area contributed by atoms with Crippen molar-refractivity contribution in [2.24, 2.45) is 0 Å². The molecule has 0 bridgehead atoms. The SMILES string of the molecule is CC(OC=O)n1ccc2cccn21. The largest absolute Gasteiger partial charge is 0.442 e. The van der Waals surface area contributed by atoms with Crippen LogP contribution in [0.4, 0.5) is 0 Å². The molecule has 13 heavy (non-hydrogen) atoms. The van der Waals surface area contributed by atoms with Crippen molar-refractivity contribution in [3.63, 3.8) is 0 Å². The monoisotopic (exact) mass is 178 g/mol. The Hall–Kier alpha value is -1.71. The fourth-order valence-electron chi connectivity index (χ4n) is 1.39. The summed E-state index contributed by atoms with van der Waals surface area (Å²) in [6.07, 6.45) is 3.52. The molecule has 2 rings (SSSR count). The second-order valence-electron chi connectivity index (χ2n) is 2.80. The van der Waals surface area contributed by atoms with Crippen LogP contribution in [0.25, 0.3) is 5.52 Å². The van der Waals surface area contributed by atoms with Crippen molar-refractivity contribution in [3.05, 3.63) is 30.6 Å².